The van der Waals surface area contributed by atoms with E-state index in [2.05, 4.69) is 11.9 Å². The van der Waals surface area contributed by atoms with E-state index in [4.69, 9.17) is 4.74 Å². The van der Waals surface area contributed by atoms with Crippen LogP contribution < -0.4 is 0 Å². The van der Waals surface area contributed by atoms with Crippen LogP contribution in [0.1, 0.15) is 39.7 Å². The molecule has 4 nitrogen and oxygen atoms in total. The summed E-state index contributed by atoms with van der Waals surface area (Å²) in [7, 11) is 0. The normalized spacial score (nSPS) is 11.8. The molecule has 0 spiro atoms. The van der Waals surface area contributed by atoms with Gasteiger partial charge in [-0.25, -0.2) is 4.79 Å². The van der Waals surface area contributed by atoms with Crippen molar-refractivity contribution < 1.29 is 9.53 Å². The predicted octanol–water partition coefficient (Wildman–Crippen LogP) is 3.77. The Balaban J connectivity index is 2.46. The number of hydrogen-bond donors (Lipinski definition) is 0. The quantitative estimate of drug-likeness (QED) is 0.825. The van der Waals surface area contributed by atoms with Gasteiger partial charge in [-0.05, 0) is 38.8 Å². The molecular weight excluding hydrogens is 240 g/mol. The van der Waals surface area contributed by atoms with Crippen LogP contribution in [-0.4, -0.2) is 21.2 Å². The minimum Gasteiger partial charge on any atom is -0.443 e. The highest BCUT2D eigenvalue weighted by molar-refractivity contribution is 5.91. The molecule has 2 aromatic rings. The number of aryl methyl sites for hydroxylation is 1. The molecule has 19 heavy (non-hydrogen) atoms. The SMILES string of the molecule is CCCc1cn(C(=O)OC(C)(C)C)c2cnccc12. The highest BCUT2D eigenvalue weighted by Crippen LogP contribution is 2.23. The molecule has 2 heterocycles. The fourth-order valence-corrected chi connectivity index (χ4v) is 2.08. The van der Waals surface area contributed by atoms with Crippen LogP contribution in [0.3, 0.4) is 0 Å². The van der Waals surface area contributed by atoms with Crippen molar-refractivity contribution in [3.63, 3.8) is 0 Å². The Morgan fingerprint density at radius 2 is 2.16 bits per heavy atom. The van der Waals surface area contributed by atoms with Gasteiger partial charge in [0.2, 0.25) is 0 Å². The molecule has 0 atom stereocenters. The molecule has 0 amide bonds. The van der Waals surface area contributed by atoms with Gasteiger partial charge in [0.1, 0.15) is 5.60 Å². The van der Waals surface area contributed by atoms with Gasteiger partial charge in [-0.2, -0.15) is 0 Å². The lowest BCUT2D eigenvalue weighted by molar-refractivity contribution is 0.0544. The van der Waals surface area contributed by atoms with Gasteiger partial charge in [0.25, 0.3) is 0 Å². The van der Waals surface area contributed by atoms with E-state index in [1.165, 1.54) is 0 Å². The van der Waals surface area contributed by atoms with E-state index in [-0.39, 0.29) is 6.09 Å². The average Bonchev–Trinajstić information content (AvgIpc) is 2.67. The second-order valence-corrected chi connectivity index (χ2v) is 5.65. The van der Waals surface area contributed by atoms with Gasteiger partial charge in [0, 0.05) is 17.8 Å². The summed E-state index contributed by atoms with van der Waals surface area (Å²) in [5.41, 5.74) is 1.46. The first-order chi connectivity index (χ1) is 8.92. The molecule has 0 fully saturated rings. The van der Waals surface area contributed by atoms with Crippen molar-refractivity contribution >= 4 is 17.0 Å². The molecule has 0 aliphatic rings. The van der Waals surface area contributed by atoms with Gasteiger partial charge in [-0.1, -0.05) is 13.3 Å². The monoisotopic (exact) mass is 260 g/mol. The third-order valence-corrected chi connectivity index (χ3v) is 2.80. The van der Waals surface area contributed by atoms with Crippen molar-refractivity contribution in [1.82, 2.24) is 9.55 Å². The topological polar surface area (TPSA) is 44.1 Å². The van der Waals surface area contributed by atoms with Crippen LogP contribution in [0.5, 0.6) is 0 Å². The van der Waals surface area contributed by atoms with Crippen molar-refractivity contribution in [3.05, 3.63) is 30.2 Å². The third kappa shape index (κ3) is 2.95. The molecule has 0 aromatic carbocycles. The molecule has 0 saturated carbocycles. The van der Waals surface area contributed by atoms with E-state index in [1.807, 2.05) is 33.0 Å². The first-order valence-corrected chi connectivity index (χ1v) is 6.59. The minimum absolute atomic E-state index is 0.354. The van der Waals surface area contributed by atoms with Gasteiger partial charge in [0.05, 0.1) is 11.7 Å². The summed E-state index contributed by atoms with van der Waals surface area (Å²) in [5, 5.41) is 1.07. The molecule has 0 N–H and O–H groups in total. The van der Waals surface area contributed by atoms with Crippen LogP contribution in [0.15, 0.2) is 24.7 Å². The standard InChI is InChI=1S/C15H20N2O2/c1-5-6-11-10-17(14(18)19-15(2,3)4)13-9-16-8-7-12(11)13/h7-10H,5-6H2,1-4H3. The smallest absolute Gasteiger partial charge is 0.419 e. The fourth-order valence-electron chi connectivity index (χ4n) is 2.08. The van der Waals surface area contributed by atoms with Crippen molar-refractivity contribution in [1.29, 1.82) is 0 Å². The van der Waals surface area contributed by atoms with Crippen LogP contribution in [0, 0.1) is 0 Å². The fraction of sp³-hybridized carbons (Fsp3) is 0.467. The summed E-state index contributed by atoms with van der Waals surface area (Å²) in [4.78, 5) is 16.3. The summed E-state index contributed by atoms with van der Waals surface area (Å²) >= 11 is 0. The number of ether oxygens (including phenoxy) is 1. The van der Waals surface area contributed by atoms with E-state index in [1.54, 1.807) is 17.0 Å². The Hall–Kier alpha value is -1.84. The molecule has 4 heteroatoms. The van der Waals surface area contributed by atoms with E-state index in [9.17, 15) is 4.79 Å². The zero-order valence-electron chi connectivity index (χ0n) is 11.9. The molecule has 0 saturated heterocycles. The molecular formula is C15H20N2O2. The van der Waals surface area contributed by atoms with E-state index >= 15 is 0 Å². The molecule has 0 radical (unpaired) electrons. The zero-order chi connectivity index (χ0) is 14.0. The van der Waals surface area contributed by atoms with Gasteiger partial charge in [0.15, 0.2) is 0 Å². The maximum atomic E-state index is 12.2. The number of rotatable bonds is 2. The maximum Gasteiger partial charge on any atom is 0.419 e. The zero-order valence-corrected chi connectivity index (χ0v) is 11.9. The highest BCUT2D eigenvalue weighted by atomic mass is 16.6. The van der Waals surface area contributed by atoms with Crippen LogP contribution >= 0.6 is 0 Å². The van der Waals surface area contributed by atoms with Crippen molar-refractivity contribution in [3.8, 4) is 0 Å². The number of carbonyl (C=O) groups excluding carboxylic acids is 1. The Morgan fingerprint density at radius 1 is 1.42 bits per heavy atom. The van der Waals surface area contributed by atoms with E-state index in [0.717, 1.165) is 29.3 Å². The van der Waals surface area contributed by atoms with E-state index in [0.29, 0.717) is 0 Å². The van der Waals surface area contributed by atoms with Gasteiger partial charge in [-0.3, -0.25) is 9.55 Å². The lowest BCUT2D eigenvalue weighted by Gasteiger charge is -2.19. The lowest BCUT2D eigenvalue weighted by atomic mass is 10.1. The summed E-state index contributed by atoms with van der Waals surface area (Å²) in [6.07, 6.45) is 6.95. The molecule has 0 bridgehead atoms. The number of fused-ring (bicyclic) bond motifs is 1. The Morgan fingerprint density at radius 3 is 2.79 bits per heavy atom. The Bertz CT molecular complexity index is 594. The summed E-state index contributed by atoms with van der Waals surface area (Å²) < 4.78 is 6.97. The highest BCUT2D eigenvalue weighted by Gasteiger charge is 2.20. The number of nitrogens with zero attached hydrogens (tertiary/aromatic N) is 2. The Kier molecular flexibility index (Phi) is 3.60. The number of carbonyl (C=O) groups is 1. The molecule has 0 unspecified atom stereocenters. The summed E-state index contributed by atoms with van der Waals surface area (Å²) in [6, 6.07) is 1.95. The molecule has 102 valence electrons. The molecule has 0 aliphatic carbocycles. The van der Waals surface area contributed by atoms with Gasteiger partial charge in [-0.15, -0.1) is 0 Å². The summed E-state index contributed by atoms with van der Waals surface area (Å²) in [5.74, 6) is 0. The first-order valence-electron chi connectivity index (χ1n) is 6.59. The largest absolute Gasteiger partial charge is 0.443 e. The molecule has 0 aliphatic heterocycles. The van der Waals surface area contributed by atoms with Crippen LogP contribution in [0.4, 0.5) is 4.79 Å². The molecule has 2 rings (SSSR count). The van der Waals surface area contributed by atoms with Gasteiger partial charge < -0.3 is 4.74 Å². The van der Waals surface area contributed by atoms with Crippen molar-refractivity contribution in [2.24, 2.45) is 0 Å². The first kappa shape index (κ1) is 13.6. The number of pyridine rings is 1. The van der Waals surface area contributed by atoms with Crippen molar-refractivity contribution in [2.75, 3.05) is 0 Å². The van der Waals surface area contributed by atoms with Gasteiger partial charge >= 0.3 is 6.09 Å². The van der Waals surface area contributed by atoms with E-state index < -0.39 is 5.60 Å². The third-order valence-electron chi connectivity index (χ3n) is 2.80. The number of hydrogen-bond acceptors (Lipinski definition) is 3. The second kappa shape index (κ2) is 5.03. The van der Waals surface area contributed by atoms with Crippen LogP contribution in [0.2, 0.25) is 0 Å². The van der Waals surface area contributed by atoms with Crippen LogP contribution in [-0.2, 0) is 11.2 Å². The number of aromatic nitrogens is 2. The van der Waals surface area contributed by atoms with Crippen LogP contribution in [0.25, 0.3) is 10.9 Å². The predicted molar refractivity (Wildman–Crippen MR) is 75.4 cm³/mol. The minimum atomic E-state index is -0.499. The average molecular weight is 260 g/mol. The maximum absolute atomic E-state index is 12.2. The van der Waals surface area contributed by atoms with Crippen molar-refractivity contribution in [2.45, 2.75) is 46.1 Å². The molecule has 2 aromatic heterocycles. The lowest BCUT2D eigenvalue weighted by Crippen LogP contribution is -2.26. The summed E-state index contributed by atoms with van der Waals surface area (Å²) in [6.45, 7) is 7.71. The Labute approximate surface area is 113 Å². The second-order valence-electron chi connectivity index (χ2n) is 5.65.